The average Bonchev–Trinajstić information content (AvgIpc) is 2.62. The van der Waals surface area contributed by atoms with Gasteiger partial charge >= 0.3 is 0 Å². The third kappa shape index (κ3) is 4.15. The summed E-state index contributed by atoms with van der Waals surface area (Å²) in [5, 5.41) is 6.21. The number of halogens is 3. The molecule has 2 aliphatic rings. The smallest absolute Gasteiger partial charge is 0.260 e. The molecule has 3 rings (SSSR count). The van der Waals surface area contributed by atoms with E-state index in [1.54, 1.807) is 4.90 Å². The van der Waals surface area contributed by atoms with Gasteiger partial charge in [0.15, 0.2) is 5.67 Å². The highest BCUT2D eigenvalue weighted by Crippen LogP contribution is 2.27. The zero-order valence-electron chi connectivity index (χ0n) is 14.2. The monoisotopic (exact) mass is 355 g/mol. The van der Waals surface area contributed by atoms with Crippen LogP contribution in [0.5, 0.6) is 0 Å². The summed E-state index contributed by atoms with van der Waals surface area (Å²) in [6, 6.07) is 3.88. The van der Waals surface area contributed by atoms with Crippen LogP contribution in [-0.2, 0) is 11.3 Å². The zero-order valence-corrected chi connectivity index (χ0v) is 14.2. The van der Waals surface area contributed by atoms with Crippen LogP contribution in [0.2, 0.25) is 0 Å². The van der Waals surface area contributed by atoms with Crippen LogP contribution in [-0.4, -0.2) is 48.7 Å². The van der Waals surface area contributed by atoms with Gasteiger partial charge in [-0.2, -0.15) is 0 Å². The first kappa shape index (κ1) is 18.2. The Hall–Kier alpha value is -1.60. The molecule has 0 bridgehead atoms. The third-order valence-corrected chi connectivity index (χ3v) is 5.19. The lowest BCUT2D eigenvalue weighted by Gasteiger charge is -2.38. The number of carbonyl (C=O) groups excluding carboxylic acids is 1. The molecule has 2 heterocycles. The van der Waals surface area contributed by atoms with E-state index < -0.39 is 23.2 Å². The van der Waals surface area contributed by atoms with Crippen LogP contribution in [0.4, 0.5) is 13.2 Å². The molecule has 7 heteroatoms. The molecule has 4 nitrogen and oxygen atoms in total. The van der Waals surface area contributed by atoms with E-state index in [2.05, 4.69) is 10.6 Å². The summed E-state index contributed by atoms with van der Waals surface area (Å²) in [6.45, 7) is 2.09. The van der Waals surface area contributed by atoms with E-state index >= 15 is 0 Å². The lowest BCUT2D eigenvalue weighted by Crippen LogP contribution is -2.54. The van der Waals surface area contributed by atoms with Gasteiger partial charge in [0.1, 0.15) is 11.6 Å². The number of hydrogen-bond acceptors (Lipinski definition) is 3. The van der Waals surface area contributed by atoms with Gasteiger partial charge in [-0.05, 0) is 38.1 Å². The van der Waals surface area contributed by atoms with E-state index in [1.165, 1.54) is 18.2 Å². The molecule has 25 heavy (non-hydrogen) atoms. The SMILES string of the molecule is O=C(N1CCC(NCc2c(F)cccc2F)CC1)C1(F)CCNCC1. The quantitative estimate of drug-likeness (QED) is 0.870. The topological polar surface area (TPSA) is 44.4 Å². The van der Waals surface area contributed by atoms with Crippen LogP contribution < -0.4 is 10.6 Å². The largest absolute Gasteiger partial charge is 0.340 e. The molecule has 2 saturated heterocycles. The van der Waals surface area contributed by atoms with E-state index in [0.29, 0.717) is 39.0 Å². The van der Waals surface area contributed by atoms with E-state index in [0.717, 1.165) is 0 Å². The molecule has 0 unspecified atom stereocenters. The normalized spacial score (nSPS) is 21.3. The Kier molecular flexibility index (Phi) is 5.64. The third-order valence-electron chi connectivity index (χ3n) is 5.19. The molecule has 1 aromatic rings. The van der Waals surface area contributed by atoms with Crippen LogP contribution in [0.15, 0.2) is 18.2 Å². The van der Waals surface area contributed by atoms with Crippen molar-refractivity contribution in [2.45, 2.75) is 43.9 Å². The Morgan fingerprint density at radius 1 is 1.20 bits per heavy atom. The summed E-state index contributed by atoms with van der Waals surface area (Å²) < 4.78 is 42.1. The second-order valence-corrected chi connectivity index (χ2v) is 6.86. The molecule has 2 N–H and O–H groups in total. The minimum absolute atomic E-state index is 0.0263. The van der Waals surface area contributed by atoms with Gasteiger partial charge in [-0.25, -0.2) is 13.2 Å². The Balaban J connectivity index is 1.49. The second kappa shape index (κ2) is 7.74. The summed E-state index contributed by atoms with van der Waals surface area (Å²) >= 11 is 0. The first-order chi connectivity index (χ1) is 12.0. The summed E-state index contributed by atoms with van der Waals surface area (Å²) in [6.07, 6.45) is 1.74. The molecule has 1 amide bonds. The number of likely N-dealkylation sites (tertiary alicyclic amines) is 1. The summed E-state index contributed by atoms with van der Waals surface area (Å²) in [5.74, 6) is -1.54. The van der Waals surface area contributed by atoms with Gasteiger partial charge in [0.2, 0.25) is 0 Å². The predicted molar refractivity (Wildman–Crippen MR) is 88.7 cm³/mol. The van der Waals surface area contributed by atoms with E-state index in [-0.39, 0.29) is 31.0 Å². The number of amides is 1. The molecule has 2 fully saturated rings. The lowest BCUT2D eigenvalue weighted by molar-refractivity contribution is -0.147. The fourth-order valence-corrected chi connectivity index (χ4v) is 3.55. The Morgan fingerprint density at radius 3 is 2.40 bits per heavy atom. The number of nitrogens with zero attached hydrogens (tertiary/aromatic N) is 1. The fourth-order valence-electron chi connectivity index (χ4n) is 3.55. The van der Waals surface area contributed by atoms with E-state index in [1.807, 2.05) is 0 Å². The maximum Gasteiger partial charge on any atom is 0.260 e. The van der Waals surface area contributed by atoms with Crippen molar-refractivity contribution in [2.24, 2.45) is 0 Å². The molecule has 0 saturated carbocycles. The van der Waals surface area contributed by atoms with Gasteiger partial charge in [0.05, 0.1) is 0 Å². The minimum Gasteiger partial charge on any atom is -0.340 e. The average molecular weight is 355 g/mol. The second-order valence-electron chi connectivity index (χ2n) is 6.86. The Bertz CT molecular complexity index is 591. The highest BCUT2D eigenvalue weighted by atomic mass is 19.1. The van der Waals surface area contributed by atoms with Crippen LogP contribution in [0.25, 0.3) is 0 Å². The molecule has 0 atom stereocenters. The van der Waals surface area contributed by atoms with Gasteiger partial charge in [0.25, 0.3) is 5.91 Å². The number of piperidine rings is 2. The number of carbonyl (C=O) groups is 1. The molecule has 0 aromatic heterocycles. The first-order valence-corrected chi connectivity index (χ1v) is 8.85. The highest BCUT2D eigenvalue weighted by Gasteiger charge is 2.43. The van der Waals surface area contributed by atoms with Crippen LogP contribution in [0, 0.1) is 11.6 Å². The maximum atomic E-state index is 14.8. The molecule has 138 valence electrons. The summed E-state index contributed by atoms with van der Waals surface area (Å²) in [5.41, 5.74) is -1.72. The molecule has 0 radical (unpaired) electrons. The first-order valence-electron chi connectivity index (χ1n) is 8.85. The van der Waals surface area contributed by atoms with Crippen molar-refractivity contribution in [3.8, 4) is 0 Å². The highest BCUT2D eigenvalue weighted by molar-refractivity contribution is 5.85. The Labute approximate surface area is 145 Å². The molecule has 0 aliphatic carbocycles. The molecule has 1 aromatic carbocycles. The molecule has 0 spiro atoms. The minimum atomic E-state index is -1.75. The van der Waals surface area contributed by atoms with Crippen molar-refractivity contribution in [3.63, 3.8) is 0 Å². The Morgan fingerprint density at radius 2 is 1.80 bits per heavy atom. The number of rotatable bonds is 4. The zero-order chi connectivity index (χ0) is 17.9. The number of alkyl halides is 1. The van der Waals surface area contributed by atoms with Gasteiger partial charge in [-0.1, -0.05) is 6.07 Å². The molecule has 2 aliphatic heterocycles. The lowest BCUT2D eigenvalue weighted by atomic mass is 9.91. The van der Waals surface area contributed by atoms with E-state index in [9.17, 15) is 18.0 Å². The van der Waals surface area contributed by atoms with Gasteiger partial charge in [-0.15, -0.1) is 0 Å². The standard InChI is InChI=1S/C18H24F3N3O/c19-15-2-1-3-16(20)14(15)12-23-13-4-10-24(11-5-13)17(25)18(21)6-8-22-9-7-18/h1-3,13,22-23H,4-12H2. The van der Waals surface area contributed by atoms with Crippen molar-refractivity contribution >= 4 is 5.91 Å². The molecular weight excluding hydrogens is 331 g/mol. The van der Waals surface area contributed by atoms with Crippen molar-refractivity contribution in [2.75, 3.05) is 26.2 Å². The van der Waals surface area contributed by atoms with Crippen LogP contribution >= 0.6 is 0 Å². The van der Waals surface area contributed by atoms with Gasteiger partial charge < -0.3 is 15.5 Å². The summed E-state index contributed by atoms with van der Waals surface area (Å²) in [4.78, 5) is 14.0. The van der Waals surface area contributed by atoms with Crippen molar-refractivity contribution in [3.05, 3.63) is 35.4 Å². The number of nitrogens with one attached hydrogen (secondary N) is 2. The number of hydrogen-bond donors (Lipinski definition) is 2. The fraction of sp³-hybridized carbons (Fsp3) is 0.611. The number of benzene rings is 1. The van der Waals surface area contributed by atoms with Crippen molar-refractivity contribution in [1.29, 1.82) is 0 Å². The molecular formula is C18H24F3N3O. The predicted octanol–water partition coefficient (Wildman–Crippen LogP) is 2.14. The van der Waals surface area contributed by atoms with Crippen LogP contribution in [0.1, 0.15) is 31.2 Å². The van der Waals surface area contributed by atoms with Crippen molar-refractivity contribution in [1.82, 2.24) is 15.5 Å². The van der Waals surface area contributed by atoms with E-state index in [4.69, 9.17) is 0 Å². The van der Waals surface area contributed by atoms with Crippen molar-refractivity contribution < 1.29 is 18.0 Å². The summed E-state index contributed by atoms with van der Waals surface area (Å²) in [7, 11) is 0. The van der Waals surface area contributed by atoms with Gasteiger partial charge in [0, 0.05) is 44.1 Å². The van der Waals surface area contributed by atoms with Crippen LogP contribution in [0.3, 0.4) is 0 Å². The maximum absolute atomic E-state index is 14.8. The van der Waals surface area contributed by atoms with Gasteiger partial charge in [-0.3, -0.25) is 4.79 Å².